The number of carbonyl (C=O) groups excluding carboxylic acids is 1. The molecule has 1 amide bonds. The van der Waals surface area contributed by atoms with Crippen LogP contribution in [0, 0.1) is 13.8 Å². The topological polar surface area (TPSA) is 29.1 Å². The van der Waals surface area contributed by atoms with Crippen molar-refractivity contribution in [3.05, 3.63) is 59.7 Å². The summed E-state index contributed by atoms with van der Waals surface area (Å²) in [4.78, 5) is 14.3. The third-order valence-electron chi connectivity index (χ3n) is 3.33. The van der Waals surface area contributed by atoms with Crippen LogP contribution in [0.5, 0.6) is 0 Å². The molecule has 2 aromatic carbocycles. The van der Waals surface area contributed by atoms with Crippen molar-refractivity contribution in [3.63, 3.8) is 0 Å². The number of aryl methyl sites for hydroxylation is 2. The van der Waals surface area contributed by atoms with Crippen molar-refractivity contribution in [2.75, 3.05) is 18.1 Å². The van der Waals surface area contributed by atoms with Crippen LogP contribution in [0.2, 0.25) is 0 Å². The summed E-state index contributed by atoms with van der Waals surface area (Å²) in [5.74, 6) is 1.86. The molecule has 0 bridgehead atoms. The maximum atomic E-state index is 11.8. The normalized spacial score (nSPS) is 10.5. The number of nitrogens with one attached hydrogen (secondary N) is 1. The van der Waals surface area contributed by atoms with Crippen LogP contribution in [0.15, 0.2) is 58.3 Å². The van der Waals surface area contributed by atoms with Crippen molar-refractivity contribution < 1.29 is 4.79 Å². The zero-order valence-electron chi connectivity index (χ0n) is 13.7. The highest BCUT2D eigenvalue weighted by atomic mass is 32.2. The number of carbonyl (C=O) groups is 1. The van der Waals surface area contributed by atoms with Crippen molar-refractivity contribution >= 4 is 29.4 Å². The Hall–Kier alpha value is -1.39. The molecule has 0 aliphatic carbocycles. The van der Waals surface area contributed by atoms with Crippen LogP contribution in [0.3, 0.4) is 0 Å². The lowest BCUT2D eigenvalue weighted by Crippen LogP contribution is -2.25. The quantitative estimate of drug-likeness (QED) is 0.556. The van der Waals surface area contributed by atoms with Gasteiger partial charge in [-0.05, 0) is 38.1 Å². The fraction of sp³-hybridized carbons (Fsp3) is 0.316. The highest BCUT2D eigenvalue weighted by Crippen LogP contribution is 2.19. The van der Waals surface area contributed by atoms with E-state index in [0.717, 1.165) is 11.5 Å². The summed E-state index contributed by atoms with van der Waals surface area (Å²) in [6.45, 7) is 4.88. The van der Waals surface area contributed by atoms with Gasteiger partial charge in [0.2, 0.25) is 5.91 Å². The summed E-state index contributed by atoms with van der Waals surface area (Å²) in [5, 5.41) is 2.99. The molecule has 0 radical (unpaired) electrons. The molecule has 2 aromatic rings. The Morgan fingerprint density at radius 1 is 0.826 bits per heavy atom. The number of hydrogen-bond donors (Lipinski definition) is 1. The molecule has 0 spiro atoms. The Labute approximate surface area is 147 Å². The van der Waals surface area contributed by atoms with Gasteiger partial charge in [0.05, 0.1) is 0 Å². The standard InChI is InChI=1S/C19H23NOS2/c1-15-3-7-17(8-4-15)22-13-11-19(21)20-12-14-23-18-9-5-16(2)6-10-18/h3-10H,11-14H2,1-2H3,(H,20,21). The molecule has 0 atom stereocenters. The number of thioether (sulfide) groups is 2. The molecule has 0 aliphatic heterocycles. The van der Waals surface area contributed by atoms with Crippen molar-refractivity contribution in [2.24, 2.45) is 0 Å². The van der Waals surface area contributed by atoms with Crippen LogP contribution >= 0.6 is 23.5 Å². The second-order valence-electron chi connectivity index (χ2n) is 5.42. The molecule has 23 heavy (non-hydrogen) atoms. The second-order valence-corrected chi connectivity index (χ2v) is 7.76. The van der Waals surface area contributed by atoms with Gasteiger partial charge in [-0.25, -0.2) is 0 Å². The predicted octanol–water partition coefficient (Wildman–Crippen LogP) is 4.69. The Balaban J connectivity index is 1.56. The Kier molecular flexibility index (Phi) is 7.56. The van der Waals surface area contributed by atoms with Gasteiger partial charge >= 0.3 is 0 Å². The van der Waals surface area contributed by atoms with Gasteiger partial charge in [-0.2, -0.15) is 0 Å². The van der Waals surface area contributed by atoms with Crippen LogP contribution in [0.25, 0.3) is 0 Å². The fourth-order valence-corrected chi connectivity index (χ4v) is 3.60. The van der Waals surface area contributed by atoms with Crippen molar-refractivity contribution in [2.45, 2.75) is 30.1 Å². The number of amides is 1. The van der Waals surface area contributed by atoms with Crippen molar-refractivity contribution in [3.8, 4) is 0 Å². The molecule has 1 N–H and O–H groups in total. The van der Waals surface area contributed by atoms with E-state index in [1.807, 2.05) is 0 Å². The molecule has 2 nitrogen and oxygen atoms in total. The van der Waals surface area contributed by atoms with Gasteiger partial charge in [0, 0.05) is 34.3 Å². The van der Waals surface area contributed by atoms with Gasteiger partial charge in [-0.1, -0.05) is 35.4 Å². The summed E-state index contributed by atoms with van der Waals surface area (Å²) in [6, 6.07) is 16.9. The monoisotopic (exact) mass is 345 g/mol. The van der Waals surface area contributed by atoms with E-state index in [0.29, 0.717) is 13.0 Å². The summed E-state index contributed by atoms with van der Waals surface area (Å²) < 4.78 is 0. The molecule has 0 fully saturated rings. The summed E-state index contributed by atoms with van der Waals surface area (Å²) in [5.41, 5.74) is 2.53. The maximum absolute atomic E-state index is 11.8. The van der Waals surface area contributed by atoms with Gasteiger partial charge in [-0.15, -0.1) is 23.5 Å². The molecule has 0 heterocycles. The van der Waals surface area contributed by atoms with Crippen LogP contribution in [0.1, 0.15) is 17.5 Å². The van der Waals surface area contributed by atoms with Gasteiger partial charge in [0.25, 0.3) is 0 Å². The zero-order valence-corrected chi connectivity index (χ0v) is 15.3. The molecule has 4 heteroatoms. The third-order valence-corrected chi connectivity index (χ3v) is 5.36. The van der Waals surface area contributed by atoms with Crippen LogP contribution in [0.4, 0.5) is 0 Å². The first-order valence-corrected chi connectivity index (χ1v) is 9.76. The minimum Gasteiger partial charge on any atom is -0.355 e. The number of hydrogen-bond acceptors (Lipinski definition) is 3. The fourth-order valence-electron chi connectivity index (χ4n) is 1.98. The predicted molar refractivity (Wildman–Crippen MR) is 101 cm³/mol. The molecule has 0 saturated heterocycles. The summed E-state index contributed by atoms with van der Waals surface area (Å²) in [7, 11) is 0. The third kappa shape index (κ3) is 7.14. The van der Waals surface area contributed by atoms with Crippen LogP contribution in [-0.2, 0) is 4.79 Å². The van der Waals surface area contributed by atoms with E-state index in [1.165, 1.54) is 20.9 Å². The molecular weight excluding hydrogens is 322 g/mol. The van der Waals surface area contributed by atoms with E-state index in [1.54, 1.807) is 23.5 Å². The first-order chi connectivity index (χ1) is 11.1. The minimum atomic E-state index is 0.133. The summed E-state index contributed by atoms with van der Waals surface area (Å²) >= 11 is 3.50. The van der Waals surface area contributed by atoms with Crippen LogP contribution < -0.4 is 5.32 Å². The lowest BCUT2D eigenvalue weighted by Gasteiger charge is -2.06. The van der Waals surface area contributed by atoms with Gasteiger partial charge in [0.1, 0.15) is 0 Å². The Morgan fingerprint density at radius 3 is 1.83 bits per heavy atom. The molecule has 0 aromatic heterocycles. The van der Waals surface area contributed by atoms with E-state index in [9.17, 15) is 4.79 Å². The molecule has 122 valence electrons. The minimum absolute atomic E-state index is 0.133. The van der Waals surface area contributed by atoms with Crippen molar-refractivity contribution in [1.29, 1.82) is 0 Å². The SMILES string of the molecule is Cc1ccc(SCCNC(=O)CCSc2ccc(C)cc2)cc1. The van der Waals surface area contributed by atoms with Gasteiger partial charge in [0.15, 0.2) is 0 Å². The van der Waals surface area contributed by atoms with E-state index in [-0.39, 0.29) is 5.91 Å². The second kappa shape index (κ2) is 9.68. The first-order valence-electron chi connectivity index (χ1n) is 7.79. The lowest BCUT2D eigenvalue weighted by atomic mass is 10.2. The van der Waals surface area contributed by atoms with Gasteiger partial charge < -0.3 is 5.32 Å². The average molecular weight is 346 g/mol. The Bertz CT molecular complexity index is 608. The molecule has 0 saturated carbocycles. The van der Waals surface area contributed by atoms with E-state index >= 15 is 0 Å². The molecule has 0 aliphatic rings. The average Bonchev–Trinajstić information content (AvgIpc) is 2.55. The smallest absolute Gasteiger partial charge is 0.220 e. The molecular formula is C19H23NOS2. The number of rotatable bonds is 8. The number of benzene rings is 2. The van der Waals surface area contributed by atoms with E-state index < -0.39 is 0 Å². The van der Waals surface area contributed by atoms with Crippen LogP contribution in [-0.4, -0.2) is 24.0 Å². The van der Waals surface area contributed by atoms with Gasteiger partial charge in [-0.3, -0.25) is 4.79 Å². The Morgan fingerprint density at radius 2 is 1.30 bits per heavy atom. The zero-order chi connectivity index (χ0) is 16.5. The highest BCUT2D eigenvalue weighted by Gasteiger charge is 2.02. The molecule has 0 unspecified atom stereocenters. The van der Waals surface area contributed by atoms with Crippen molar-refractivity contribution in [1.82, 2.24) is 5.32 Å². The van der Waals surface area contributed by atoms with E-state index in [2.05, 4.69) is 67.7 Å². The first kappa shape index (κ1) is 18.0. The lowest BCUT2D eigenvalue weighted by molar-refractivity contribution is -0.120. The maximum Gasteiger partial charge on any atom is 0.220 e. The molecule has 2 rings (SSSR count). The largest absolute Gasteiger partial charge is 0.355 e. The summed E-state index contributed by atoms with van der Waals surface area (Å²) in [6.07, 6.45) is 0.563. The van der Waals surface area contributed by atoms with E-state index in [4.69, 9.17) is 0 Å². The highest BCUT2D eigenvalue weighted by molar-refractivity contribution is 7.99.